The van der Waals surface area contributed by atoms with Gasteiger partial charge in [-0.3, -0.25) is 0 Å². The van der Waals surface area contributed by atoms with Gasteiger partial charge in [-0.05, 0) is 134 Å². The van der Waals surface area contributed by atoms with Gasteiger partial charge in [0.25, 0.3) is 0 Å². The van der Waals surface area contributed by atoms with E-state index >= 15 is 0 Å². The summed E-state index contributed by atoms with van der Waals surface area (Å²) in [6.07, 6.45) is 7.06. The Kier molecular flexibility index (Phi) is 9.44. The summed E-state index contributed by atoms with van der Waals surface area (Å²) in [6.45, 7) is 0. The minimum absolute atomic E-state index is 1.10. The Hall–Kier alpha value is -7.30. The molecule has 11 aromatic rings. The Labute approximate surface area is 375 Å². The van der Waals surface area contributed by atoms with Crippen molar-refractivity contribution in [1.29, 1.82) is 0 Å². The molecule has 1 aliphatic carbocycles. The minimum atomic E-state index is 1.10. The van der Waals surface area contributed by atoms with Crippen molar-refractivity contribution in [2.45, 2.75) is 12.8 Å². The van der Waals surface area contributed by atoms with Gasteiger partial charge in [0.05, 0.1) is 0 Å². The quantitative estimate of drug-likeness (QED) is 0.147. The molecule has 2 heterocycles. The Morgan fingerprint density at radius 3 is 1.33 bits per heavy atom. The van der Waals surface area contributed by atoms with Gasteiger partial charge in [-0.15, -0.1) is 22.7 Å². The van der Waals surface area contributed by atoms with Crippen LogP contribution in [0.15, 0.2) is 212 Å². The molecule has 0 unspecified atom stereocenters. The summed E-state index contributed by atoms with van der Waals surface area (Å²) in [4.78, 5) is 2.39. The smallest absolute Gasteiger partial charge is 0.0462 e. The second-order valence-corrected chi connectivity index (χ2v) is 18.4. The summed E-state index contributed by atoms with van der Waals surface area (Å²) in [7, 11) is 0. The highest BCUT2D eigenvalue weighted by Gasteiger charge is 2.17. The molecule has 3 heteroatoms. The SMILES string of the molecule is C1=c2sc3c(-c4ccc(N(c5ccc(-c6cc(-c7ccccc7)cc(-c7ccccc7)c6)cc5)c5ccc(-c6cccc7c6sc6ccccc67)cc5)cc4)cccc3c2=CCC1. The monoisotopic (exact) mass is 839 g/mol. The van der Waals surface area contributed by atoms with Crippen LogP contribution in [0.1, 0.15) is 12.8 Å². The number of rotatable bonds is 8. The summed E-state index contributed by atoms with van der Waals surface area (Å²) in [5.41, 5.74) is 15.5. The van der Waals surface area contributed by atoms with Crippen LogP contribution in [0.5, 0.6) is 0 Å². The lowest BCUT2D eigenvalue weighted by Crippen LogP contribution is -2.20. The maximum atomic E-state index is 2.42. The summed E-state index contributed by atoms with van der Waals surface area (Å²) in [5.74, 6) is 0. The van der Waals surface area contributed by atoms with Crippen LogP contribution >= 0.6 is 22.7 Å². The van der Waals surface area contributed by atoms with Crippen molar-refractivity contribution in [1.82, 2.24) is 0 Å². The lowest BCUT2D eigenvalue weighted by atomic mass is 9.93. The number of thiophene rings is 2. The van der Waals surface area contributed by atoms with Crippen LogP contribution in [0.4, 0.5) is 17.1 Å². The van der Waals surface area contributed by atoms with Crippen LogP contribution < -0.4 is 14.7 Å². The van der Waals surface area contributed by atoms with E-state index < -0.39 is 0 Å². The molecule has 63 heavy (non-hydrogen) atoms. The van der Waals surface area contributed by atoms with Gasteiger partial charge in [0, 0.05) is 51.9 Å². The van der Waals surface area contributed by atoms with E-state index in [0.717, 1.165) is 29.9 Å². The molecule has 1 nitrogen and oxygen atoms in total. The largest absolute Gasteiger partial charge is 0.311 e. The highest BCUT2D eigenvalue weighted by molar-refractivity contribution is 7.26. The first kappa shape index (κ1) is 37.5. The third-order valence-corrected chi connectivity index (χ3v) is 15.0. The second kappa shape index (κ2) is 15.9. The van der Waals surface area contributed by atoms with Crippen LogP contribution in [0.3, 0.4) is 0 Å². The van der Waals surface area contributed by atoms with Gasteiger partial charge in [-0.1, -0.05) is 164 Å². The van der Waals surface area contributed by atoms with Crippen molar-refractivity contribution in [2.75, 3.05) is 4.90 Å². The average molecular weight is 840 g/mol. The summed E-state index contributed by atoms with van der Waals surface area (Å²) < 4.78 is 5.43. The van der Waals surface area contributed by atoms with E-state index in [0.29, 0.717) is 0 Å². The maximum Gasteiger partial charge on any atom is 0.0462 e. The fraction of sp³-hybridized carbons (Fsp3) is 0.0333. The molecule has 9 aromatic carbocycles. The number of fused-ring (bicyclic) bond motifs is 6. The zero-order valence-electron chi connectivity index (χ0n) is 34.5. The Morgan fingerprint density at radius 1 is 0.317 bits per heavy atom. The Bertz CT molecular complexity index is 3520. The molecule has 0 saturated carbocycles. The van der Waals surface area contributed by atoms with Gasteiger partial charge >= 0.3 is 0 Å². The first-order valence-electron chi connectivity index (χ1n) is 21.7. The molecule has 2 aromatic heterocycles. The van der Waals surface area contributed by atoms with Crippen LogP contribution in [-0.2, 0) is 0 Å². The third kappa shape index (κ3) is 6.87. The van der Waals surface area contributed by atoms with Crippen LogP contribution in [-0.4, -0.2) is 0 Å². The van der Waals surface area contributed by atoms with Gasteiger partial charge in [0.1, 0.15) is 0 Å². The first-order valence-corrected chi connectivity index (χ1v) is 23.3. The molecule has 0 radical (unpaired) electrons. The van der Waals surface area contributed by atoms with Crippen molar-refractivity contribution >= 4 is 82.1 Å². The molecule has 298 valence electrons. The first-order chi connectivity index (χ1) is 31.2. The van der Waals surface area contributed by atoms with E-state index in [-0.39, 0.29) is 0 Å². The summed E-state index contributed by atoms with van der Waals surface area (Å²) in [6, 6.07) is 78.0. The fourth-order valence-corrected chi connectivity index (χ4v) is 11.9. The molecule has 12 rings (SSSR count). The highest BCUT2D eigenvalue weighted by Crippen LogP contribution is 2.43. The van der Waals surface area contributed by atoms with E-state index in [1.54, 1.807) is 0 Å². The predicted octanol–water partition coefficient (Wildman–Crippen LogP) is 16.4. The van der Waals surface area contributed by atoms with Gasteiger partial charge < -0.3 is 4.90 Å². The second-order valence-electron chi connectivity index (χ2n) is 16.3. The van der Waals surface area contributed by atoms with Gasteiger partial charge in [-0.25, -0.2) is 0 Å². The van der Waals surface area contributed by atoms with Crippen molar-refractivity contribution < 1.29 is 0 Å². The normalized spacial score (nSPS) is 12.3. The van der Waals surface area contributed by atoms with Crippen molar-refractivity contribution in [3.63, 3.8) is 0 Å². The van der Waals surface area contributed by atoms with Gasteiger partial charge in [0.15, 0.2) is 0 Å². The molecular formula is C60H41NS2. The topological polar surface area (TPSA) is 3.24 Å². The van der Waals surface area contributed by atoms with Crippen molar-refractivity contribution in [3.8, 4) is 55.6 Å². The van der Waals surface area contributed by atoms with Gasteiger partial charge in [-0.2, -0.15) is 0 Å². The van der Waals surface area contributed by atoms with Crippen molar-refractivity contribution in [2.24, 2.45) is 0 Å². The number of benzene rings is 9. The van der Waals surface area contributed by atoms with Crippen LogP contribution in [0.25, 0.3) is 98.0 Å². The van der Waals surface area contributed by atoms with E-state index in [4.69, 9.17) is 0 Å². The molecule has 0 fully saturated rings. The zero-order valence-corrected chi connectivity index (χ0v) is 36.2. The van der Waals surface area contributed by atoms with Gasteiger partial charge in [0.2, 0.25) is 0 Å². The molecular weight excluding hydrogens is 799 g/mol. The summed E-state index contributed by atoms with van der Waals surface area (Å²) >= 11 is 3.81. The number of anilines is 3. The molecule has 0 bridgehead atoms. The van der Waals surface area contributed by atoms with Crippen LogP contribution in [0.2, 0.25) is 0 Å². The fourth-order valence-electron chi connectivity index (χ4n) is 9.38. The highest BCUT2D eigenvalue weighted by atomic mass is 32.1. The van der Waals surface area contributed by atoms with E-state index in [9.17, 15) is 0 Å². The maximum absolute atomic E-state index is 2.42. The van der Waals surface area contributed by atoms with E-state index in [1.165, 1.54) is 95.6 Å². The minimum Gasteiger partial charge on any atom is -0.311 e. The number of hydrogen-bond acceptors (Lipinski definition) is 3. The van der Waals surface area contributed by atoms with E-state index in [1.807, 2.05) is 22.7 Å². The zero-order chi connectivity index (χ0) is 41.7. The predicted molar refractivity (Wildman–Crippen MR) is 274 cm³/mol. The van der Waals surface area contributed by atoms with Crippen LogP contribution in [0, 0.1) is 0 Å². The van der Waals surface area contributed by atoms with Crippen molar-refractivity contribution in [3.05, 3.63) is 222 Å². The third-order valence-electron chi connectivity index (χ3n) is 12.5. The molecule has 0 saturated heterocycles. The van der Waals surface area contributed by atoms with E-state index in [2.05, 4.69) is 229 Å². The molecule has 0 aliphatic heterocycles. The summed E-state index contributed by atoms with van der Waals surface area (Å²) in [5, 5.41) is 5.41. The molecule has 0 amide bonds. The average Bonchev–Trinajstić information content (AvgIpc) is 3.94. The standard InChI is InChI=1S/C60H41NS2/c1-3-13-40(14-4-1)45-37-46(41-15-5-2-6-16-41)39-47(38-45)42-25-31-48(32-26-42)61(49-33-27-43(28-34-49)51-19-11-21-55-53-17-7-9-23-57(53)62-59(51)55)50-35-29-44(30-36-50)52-20-12-22-56-54-18-8-10-24-58(54)63-60(52)56/h1-7,9,11-39H,8,10H2. The Morgan fingerprint density at radius 2 is 0.762 bits per heavy atom. The molecule has 1 aliphatic rings. The molecule has 0 N–H and O–H groups in total. The molecule has 0 atom stereocenters. The number of nitrogens with zero attached hydrogens (tertiary/aromatic N) is 1. The lowest BCUT2D eigenvalue weighted by Gasteiger charge is -2.26. The lowest BCUT2D eigenvalue weighted by molar-refractivity contribution is 1.13. The Balaban J connectivity index is 0.951. The molecule has 0 spiro atoms. The number of hydrogen-bond donors (Lipinski definition) is 0.